The molecule has 0 fully saturated rings. The zero-order valence-electron chi connectivity index (χ0n) is 15.8. The average Bonchev–Trinajstić information content (AvgIpc) is 3.04. The summed E-state index contributed by atoms with van der Waals surface area (Å²) in [5, 5.41) is 5.85. The van der Waals surface area contributed by atoms with Crippen molar-refractivity contribution >= 4 is 56.6 Å². The van der Waals surface area contributed by atoms with Crippen LogP contribution in [0.4, 0.5) is 10.1 Å². The Morgan fingerprint density at radius 3 is 2.61 bits per heavy atom. The number of carbonyl (C=O) groups is 2. The van der Waals surface area contributed by atoms with Gasteiger partial charge >= 0.3 is 0 Å². The smallest absolute Gasteiger partial charge is 0.255 e. The van der Waals surface area contributed by atoms with Crippen molar-refractivity contribution in [3.8, 4) is 0 Å². The number of fused-ring (bicyclic) bond motifs is 1. The van der Waals surface area contributed by atoms with Gasteiger partial charge in [-0.1, -0.05) is 39.1 Å². The predicted molar refractivity (Wildman–Crippen MR) is 120 cm³/mol. The van der Waals surface area contributed by atoms with Gasteiger partial charge in [0.1, 0.15) is 11.0 Å². The van der Waals surface area contributed by atoms with E-state index >= 15 is 0 Å². The van der Waals surface area contributed by atoms with Crippen LogP contribution in [0.5, 0.6) is 0 Å². The highest BCUT2D eigenvalue weighted by molar-refractivity contribution is 9.10. The second-order valence-electron chi connectivity index (χ2n) is 6.91. The maximum Gasteiger partial charge on any atom is 0.255 e. The third-order valence-electron chi connectivity index (χ3n) is 4.94. The topological polar surface area (TPSA) is 80.2 Å². The summed E-state index contributed by atoms with van der Waals surface area (Å²) in [7, 11) is 1.48. The lowest BCUT2D eigenvalue weighted by Crippen LogP contribution is -2.22. The Kier molecular flexibility index (Phi) is 5.63. The zero-order valence-corrected chi connectivity index (χ0v) is 18.9. The third-order valence-corrected chi connectivity index (χ3v) is 6.10. The number of halogens is 4. The number of aromatic nitrogens is 1. The average molecular weight is 525 g/mol. The van der Waals surface area contributed by atoms with Crippen LogP contribution in [0, 0.1) is 5.82 Å². The molecule has 0 radical (unpaired) electrons. The summed E-state index contributed by atoms with van der Waals surface area (Å²) in [4.78, 5) is 37.4. The number of hydrogen-bond donors (Lipinski definition) is 2. The summed E-state index contributed by atoms with van der Waals surface area (Å²) in [6.45, 7) is 0. The maximum absolute atomic E-state index is 13.9. The first-order valence-corrected chi connectivity index (χ1v) is 10.5. The van der Waals surface area contributed by atoms with Crippen LogP contribution >= 0.6 is 39.1 Å². The van der Waals surface area contributed by atoms with Crippen molar-refractivity contribution in [2.75, 3.05) is 5.32 Å². The highest BCUT2D eigenvalue weighted by atomic mass is 79.9. The van der Waals surface area contributed by atoms with Crippen LogP contribution in [0.1, 0.15) is 37.9 Å². The quantitative estimate of drug-likeness (QED) is 0.488. The van der Waals surface area contributed by atoms with Crippen LogP contribution in [0.15, 0.2) is 51.7 Å². The molecule has 31 heavy (non-hydrogen) atoms. The van der Waals surface area contributed by atoms with Gasteiger partial charge in [0.05, 0.1) is 6.04 Å². The Morgan fingerprint density at radius 2 is 1.90 bits per heavy atom. The molecule has 2 aromatic carbocycles. The molecule has 6 nitrogen and oxygen atoms in total. The molecular weight excluding hydrogens is 512 g/mol. The summed E-state index contributed by atoms with van der Waals surface area (Å²) in [6, 6.07) is 8.80. The van der Waals surface area contributed by atoms with E-state index in [0.29, 0.717) is 26.9 Å². The molecule has 4 rings (SSSR count). The fourth-order valence-corrected chi connectivity index (χ4v) is 4.28. The molecule has 2 heterocycles. The summed E-state index contributed by atoms with van der Waals surface area (Å²) in [6.07, 6.45) is 0. The lowest BCUT2D eigenvalue weighted by Gasteiger charge is -2.18. The molecule has 2 N–H and O–H groups in total. The van der Waals surface area contributed by atoms with Gasteiger partial charge in [0.15, 0.2) is 0 Å². The van der Waals surface area contributed by atoms with Crippen LogP contribution in [-0.4, -0.2) is 16.4 Å². The van der Waals surface area contributed by atoms with Crippen molar-refractivity contribution in [2.45, 2.75) is 6.04 Å². The van der Waals surface area contributed by atoms with E-state index < -0.39 is 29.2 Å². The third kappa shape index (κ3) is 3.98. The van der Waals surface area contributed by atoms with E-state index in [2.05, 4.69) is 26.6 Å². The van der Waals surface area contributed by atoms with Crippen LogP contribution in [0.2, 0.25) is 10.2 Å². The molecule has 0 spiro atoms. The van der Waals surface area contributed by atoms with E-state index in [9.17, 15) is 18.8 Å². The molecule has 2 amide bonds. The number of pyridine rings is 1. The van der Waals surface area contributed by atoms with Gasteiger partial charge in [-0.3, -0.25) is 14.4 Å². The minimum Gasteiger partial charge on any atom is -0.341 e. The number of anilines is 1. The minimum absolute atomic E-state index is 0.0550. The predicted octanol–water partition coefficient (Wildman–Crippen LogP) is 4.68. The van der Waals surface area contributed by atoms with E-state index in [1.807, 2.05) is 0 Å². The first kappa shape index (κ1) is 21.5. The van der Waals surface area contributed by atoms with Crippen LogP contribution < -0.4 is 16.2 Å². The van der Waals surface area contributed by atoms with Gasteiger partial charge in [0.2, 0.25) is 0 Å². The number of amides is 2. The van der Waals surface area contributed by atoms with E-state index in [4.69, 9.17) is 23.2 Å². The Hall–Kier alpha value is -2.68. The molecule has 10 heteroatoms. The van der Waals surface area contributed by atoms with Crippen LogP contribution in [0.3, 0.4) is 0 Å². The van der Waals surface area contributed by atoms with E-state index in [1.165, 1.54) is 35.9 Å². The monoisotopic (exact) mass is 523 g/mol. The summed E-state index contributed by atoms with van der Waals surface area (Å²) < 4.78 is 15.6. The second kappa shape index (κ2) is 8.11. The molecule has 0 bridgehead atoms. The molecule has 0 saturated heterocycles. The number of nitrogens with zero attached hydrogens (tertiary/aromatic N) is 1. The molecular formula is C21H13BrCl2FN3O3. The normalized spacial score (nSPS) is 14.9. The number of hydrogen-bond acceptors (Lipinski definition) is 3. The highest BCUT2D eigenvalue weighted by Gasteiger charge is 2.34. The molecule has 1 aliphatic rings. The first-order chi connectivity index (χ1) is 14.7. The Labute approximate surface area is 194 Å². The SMILES string of the molecule is Cn1c(Cl)cc(C(=O)Nc2cc(Br)cc3c2[C@H](c2cc(F)ccc2Cl)NC3=O)cc1=O. The zero-order chi connectivity index (χ0) is 22.4. The highest BCUT2D eigenvalue weighted by Crippen LogP contribution is 2.41. The van der Waals surface area contributed by atoms with Crippen LogP contribution in [-0.2, 0) is 7.05 Å². The molecule has 3 aromatic rings. The number of nitrogens with one attached hydrogen (secondary N) is 2. The van der Waals surface area contributed by atoms with Gasteiger partial charge < -0.3 is 15.2 Å². The van der Waals surface area contributed by atoms with Crippen LogP contribution in [0.25, 0.3) is 0 Å². The molecule has 1 aliphatic heterocycles. The van der Waals surface area contributed by atoms with Gasteiger partial charge in [-0.05, 0) is 36.4 Å². The lowest BCUT2D eigenvalue weighted by molar-refractivity contribution is 0.0959. The molecule has 0 unspecified atom stereocenters. The Balaban J connectivity index is 1.81. The summed E-state index contributed by atoms with van der Waals surface area (Å²) in [5.74, 6) is -1.50. The maximum atomic E-state index is 13.9. The molecule has 1 atom stereocenters. The van der Waals surface area contributed by atoms with E-state index in [1.54, 1.807) is 12.1 Å². The van der Waals surface area contributed by atoms with Crippen molar-refractivity contribution in [1.29, 1.82) is 0 Å². The standard InChI is InChI=1S/C21H13BrCl2FN3O3/c1-28-16(24)4-9(5-17(28)29)20(30)26-15-7-10(22)6-13-18(15)19(27-21(13)31)12-8-11(25)2-3-14(12)23/h2-8,19H,1H3,(H,26,30)(H,27,31)/t19-/m0/s1. The van der Waals surface area contributed by atoms with Gasteiger partial charge in [-0.25, -0.2) is 4.39 Å². The van der Waals surface area contributed by atoms with Gasteiger partial charge in [0, 0.05) is 50.6 Å². The number of rotatable bonds is 3. The van der Waals surface area contributed by atoms with E-state index in [-0.39, 0.29) is 15.7 Å². The van der Waals surface area contributed by atoms with E-state index in [0.717, 1.165) is 6.07 Å². The summed E-state index contributed by atoms with van der Waals surface area (Å²) >= 11 is 15.6. The van der Waals surface area contributed by atoms with Crippen molar-refractivity contribution in [2.24, 2.45) is 7.05 Å². The number of benzene rings is 2. The molecule has 0 saturated carbocycles. The largest absolute Gasteiger partial charge is 0.341 e. The summed E-state index contributed by atoms with van der Waals surface area (Å²) in [5.41, 5.74) is 0.997. The lowest BCUT2D eigenvalue weighted by atomic mass is 9.96. The van der Waals surface area contributed by atoms with Gasteiger partial charge in [-0.2, -0.15) is 0 Å². The first-order valence-electron chi connectivity index (χ1n) is 8.93. The van der Waals surface area contributed by atoms with Gasteiger partial charge in [-0.15, -0.1) is 0 Å². The van der Waals surface area contributed by atoms with Crippen molar-refractivity contribution < 1.29 is 14.0 Å². The fourth-order valence-electron chi connectivity index (χ4n) is 3.40. The Morgan fingerprint density at radius 1 is 1.16 bits per heavy atom. The van der Waals surface area contributed by atoms with Gasteiger partial charge in [0.25, 0.3) is 17.4 Å². The molecule has 158 valence electrons. The Bertz CT molecular complexity index is 1330. The van der Waals surface area contributed by atoms with Crippen molar-refractivity contribution in [3.05, 3.63) is 95.5 Å². The second-order valence-corrected chi connectivity index (χ2v) is 8.62. The molecule has 1 aromatic heterocycles. The van der Waals surface area contributed by atoms with Crippen molar-refractivity contribution in [3.63, 3.8) is 0 Å². The number of carbonyl (C=O) groups excluding carboxylic acids is 2. The minimum atomic E-state index is -0.777. The molecule has 0 aliphatic carbocycles. The fraction of sp³-hybridized carbons (Fsp3) is 0.0952. The van der Waals surface area contributed by atoms with Crippen molar-refractivity contribution in [1.82, 2.24) is 9.88 Å².